The minimum atomic E-state index is -0.246. The largest absolute Gasteiger partial charge is 0.348 e. The molecule has 0 unspecified atom stereocenters. The third kappa shape index (κ3) is 5.19. The fourth-order valence-corrected chi connectivity index (χ4v) is 2.63. The van der Waals surface area contributed by atoms with E-state index in [-0.39, 0.29) is 11.8 Å². The Labute approximate surface area is 163 Å². The molecule has 0 saturated heterocycles. The van der Waals surface area contributed by atoms with E-state index in [1.165, 1.54) is 5.56 Å². The Morgan fingerprint density at radius 3 is 1.93 bits per heavy atom. The van der Waals surface area contributed by atoms with Crippen LogP contribution in [-0.4, -0.2) is 11.8 Å². The molecule has 3 aromatic carbocycles. The molecular weight excluding hydrogens is 360 g/mol. The Kier molecular flexibility index (Phi) is 5.89. The van der Waals surface area contributed by atoms with E-state index in [0.29, 0.717) is 28.4 Å². The van der Waals surface area contributed by atoms with Gasteiger partial charge in [-0.1, -0.05) is 41.4 Å². The Balaban J connectivity index is 1.58. The van der Waals surface area contributed by atoms with Crippen molar-refractivity contribution in [3.8, 4) is 0 Å². The van der Waals surface area contributed by atoms with Gasteiger partial charge in [0.1, 0.15) is 0 Å². The standard InChI is InChI=1S/C22H19ClN2O2/c1-15-2-4-16(5-3-15)14-24-21(26)17-6-8-18(9-7-17)22(27)25-20-12-10-19(23)11-13-20/h2-13H,14H2,1H3,(H,24,26)(H,25,27). The fraction of sp³-hybridized carbons (Fsp3) is 0.0909. The Morgan fingerprint density at radius 2 is 1.33 bits per heavy atom. The van der Waals surface area contributed by atoms with Crippen LogP contribution < -0.4 is 10.6 Å². The summed E-state index contributed by atoms with van der Waals surface area (Å²) in [4.78, 5) is 24.5. The number of nitrogens with one attached hydrogen (secondary N) is 2. The SMILES string of the molecule is Cc1ccc(CNC(=O)c2ccc(C(=O)Nc3ccc(Cl)cc3)cc2)cc1. The van der Waals surface area contributed by atoms with E-state index in [1.807, 2.05) is 31.2 Å². The first-order valence-electron chi connectivity index (χ1n) is 8.52. The molecule has 5 heteroatoms. The second-order valence-electron chi connectivity index (χ2n) is 6.21. The molecule has 0 aliphatic heterocycles. The van der Waals surface area contributed by atoms with Crippen LogP contribution in [0.4, 0.5) is 5.69 Å². The van der Waals surface area contributed by atoms with Gasteiger partial charge in [0.25, 0.3) is 11.8 Å². The van der Waals surface area contributed by atoms with E-state index in [4.69, 9.17) is 11.6 Å². The van der Waals surface area contributed by atoms with Crippen molar-refractivity contribution in [2.24, 2.45) is 0 Å². The van der Waals surface area contributed by atoms with Crippen LogP contribution in [-0.2, 0) is 6.54 Å². The van der Waals surface area contributed by atoms with Gasteiger partial charge in [-0.05, 0) is 61.0 Å². The molecule has 0 aromatic heterocycles. The number of rotatable bonds is 5. The first kappa shape index (κ1) is 18.7. The maximum atomic E-state index is 12.3. The van der Waals surface area contributed by atoms with E-state index >= 15 is 0 Å². The highest BCUT2D eigenvalue weighted by atomic mass is 35.5. The molecule has 2 amide bonds. The van der Waals surface area contributed by atoms with Crippen molar-refractivity contribution in [2.45, 2.75) is 13.5 Å². The number of aryl methyl sites for hydroxylation is 1. The lowest BCUT2D eigenvalue weighted by molar-refractivity contribution is 0.0949. The Bertz CT molecular complexity index is 934. The number of carbonyl (C=O) groups is 2. The normalized spacial score (nSPS) is 10.3. The van der Waals surface area contributed by atoms with Crippen molar-refractivity contribution >= 4 is 29.1 Å². The summed E-state index contributed by atoms with van der Waals surface area (Å²) in [7, 11) is 0. The van der Waals surface area contributed by atoms with Crippen molar-refractivity contribution < 1.29 is 9.59 Å². The first-order valence-corrected chi connectivity index (χ1v) is 8.90. The zero-order chi connectivity index (χ0) is 19.2. The molecular formula is C22H19ClN2O2. The zero-order valence-electron chi connectivity index (χ0n) is 14.8. The number of halogens is 1. The number of carbonyl (C=O) groups excluding carboxylic acids is 2. The molecule has 0 aliphatic rings. The van der Waals surface area contributed by atoms with Crippen molar-refractivity contribution in [2.75, 3.05) is 5.32 Å². The molecule has 3 aromatic rings. The number of hydrogen-bond acceptors (Lipinski definition) is 2. The number of hydrogen-bond donors (Lipinski definition) is 2. The van der Waals surface area contributed by atoms with Gasteiger partial charge in [-0.25, -0.2) is 0 Å². The lowest BCUT2D eigenvalue weighted by Crippen LogP contribution is -2.23. The van der Waals surface area contributed by atoms with Crippen LogP contribution in [0.25, 0.3) is 0 Å². The molecule has 2 N–H and O–H groups in total. The van der Waals surface area contributed by atoms with E-state index < -0.39 is 0 Å². The van der Waals surface area contributed by atoms with Crippen LogP contribution >= 0.6 is 11.6 Å². The summed E-state index contributed by atoms with van der Waals surface area (Å²) in [6.07, 6.45) is 0. The van der Waals surface area contributed by atoms with Crippen molar-refractivity contribution in [3.63, 3.8) is 0 Å². The number of anilines is 1. The fourth-order valence-electron chi connectivity index (χ4n) is 2.50. The summed E-state index contributed by atoms with van der Waals surface area (Å²) in [5, 5.41) is 6.27. The van der Waals surface area contributed by atoms with Gasteiger partial charge in [0, 0.05) is 28.4 Å². The topological polar surface area (TPSA) is 58.2 Å². The van der Waals surface area contributed by atoms with Crippen molar-refractivity contribution in [3.05, 3.63) is 100 Å². The van der Waals surface area contributed by atoms with Gasteiger partial charge in [0.15, 0.2) is 0 Å². The van der Waals surface area contributed by atoms with Gasteiger partial charge in [-0.2, -0.15) is 0 Å². The summed E-state index contributed by atoms with van der Waals surface area (Å²) in [5.41, 5.74) is 3.85. The summed E-state index contributed by atoms with van der Waals surface area (Å²) < 4.78 is 0. The average Bonchev–Trinajstić information content (AvgIpc) is 2.69. The number of amides is 2. The average molecular weight is 379 g/mol. The van der Waals surface area contributed by atoms with Crippen LogP contribution in [0.2, 0.25) is 5.02 Å². The van der Waals surface area contributed by atoms with Crippen LogP contribution in [0.15, 0.2) is 72.8 Å². The van der Waals surface area contributed by atoms with Gasteiger partial charge < -0.3 is 10.6 Å². The third-order valence-corrected chi connectivity index (χ3v) is 4.34. The molecule has 3 rings (SSSR count). The van der Waals surface area contributed by atoms with Crippen molar-refractivity contribution in [1.29, 1.82) is 0 Å². The molecule has 0 radical (unpaired) electrons. The molecule has 0 saturated carbocycles. The van der Waals surface area contributed by atoms with Crippen LogP contribution in [0.1, 0.15) is 31.8 Å². The highest BCUT2D eigenvalue weighted by Gasteiger charge is 2.09. The van der Waals surface area contributed by atoms with Crippen molar-refractivity contribution in [1.82, 2.24) is 5.32 Å². The molecule has 4 nitrogen and oxygen atoms in total. The summed E-state index contributed by atoms with van der Waals surface area (Å²) >= 11 is 5.83. The second-order valence-corrected chi connectivity index (χ2v) is 6.64. The Hall–Kier alpha value is -3.11. The molecule has 0 fully saturated rings. The summed E-state index contributed by atoms with van der Waals surface area (Å²) in [5.74, 6) is -0.427. The molecule has 136 valence electrons. The van der Waals surface area contributed by atoms with E-state index in [2.05, 4.69) is 10.6 Å². The highest BCUT2D eigenvalue weighted by molar-refractivity contribution is 6.30. The van der Waals surface area contributed by atoms with Crippen LogP contribution in [0.3, 0.4) is 0 Å². The quantitative estimate of drug-likeness (QED) is 0.668. The lowest BCUT2D eigenvalue weighted by atomic mass is 10.1. The smallest absolute Gasteiger partial charge is 0.255 e. The maximum Gasteiger partial charge on any atom is 0.255 e. The van der Waals surface area contributed by atoms with E-state index in [1.54, 1.807) is 48.5 Å². The van der Waals surface area contributed by atoms with Gasteiger partial charge in [-0.3, -0.25) is 9.59 Å². The lowest BCUT2D eigenvalue weighted by Gasteiger charge is -2.08. The molecule has 0 aliphatic carbocycles. The predicted molar refractivity (Wildman–Crippen MR) is 108 cm³/mol. The zero-order valence-corrected chi connectivity index (χ0v) is 15.6. The predicted octanol–water partition coefficient (Wildman–Crippen LogP) is 4.83. The maximum absolute atomic E-state index is 12.3. The molecule has 0 atom stereocenters. The van der Waals surface area contributed by atoms with Crippen LogP contribution in [0, 0.1) is 6.92 Å². The minimum absolute atomic E-state index is 0.180. The number of benzene rings is 3. The molecule has 0 bridgehead atoms. The monoisotopic (exact) mass is 378 g/mol. The van der Waals surface area contributed by atoms with Crippen LogP contribution in [0.5, 0.6) is 0 Å². The van der Waals surface area contributed by atoms with E-state index in [9.17, 15) is 9.59 Å². The third-order valence-electron chi connectivity index (χ3n) is 4.09. The van der Waals surface area contributed by atoms with E-state index in [0.717, 1.165) is 5.56 Å². The van der Waals surface area contributed by atoms with Gasteiger partial charge >= 0.3 is 0 Å². The summed E-state index contributed by atoms with van der Waals surface area (Å²) in [6, 6.07) is 21.4. The molecule has 0 heterocycles. The second kappa shape index (κ2) is 8.52. The molecule has 27 heavy (non-hydrogen) atoms. The van der Waals surface area contributed by atoms with Gasteiger partial charge in [0.2, 0.25) is 0 Å². The summed E-state index contributed by atoms with van der Waals surface area (Å²) in [6.45, 7) is 2.48. The Morgan fingerprint density at radius 1 is 0.778 bits per heavy atom. The first-order chi connectivity index (χ1) is 13.0. The highest BCUT2D eigenvalue weighted by Crippen LogP contribution is 2.15. The van der Waals surface area contributed by atoms with Gasteiger partial charge in [0.05, 0.1) is 0 Å². The minimum Gasteiger partial charge on any atom is -0.348 e. The van der Waals surface area contributed by atoms with Gasteiger partial charge in [-0.15, -0.1) is 0 Å². The molecule has 0 spiro atoms.